The Balaban J connectivity index is 1.81. The van der Waals surface area contributed by atoms with Crippen LogP contribution < -0.4 is 9.62 Å². The zero-order chi connectivity index (χ0) is 32.6. The Morgan fingerprint density at radius 2 is 1.47 bits per heavy atom. The Morgan fingerprint density at radius 1 is 0.844 bits per heavy atom. The Morgan fingerprint density at radius 3 is 2.09 bits per heavy atom. The summed E-state index contributed by atoms with van der Waals surface area (Å²) in [6.07, 6.45) is 0.991. The molecule has 0 aliphatic rings. The molecule has 4 aromatic carbocycles. The maximum Gasteiger partial charge on any atom is 0.264 e. The molecule has 2 atom stereocenters. The number of sulfonamides is 1. The van der Waals surface area contributed by atoms with E-state index in [2.05, 4.69) is 21.2 Å². The highest BCUT2D eigenvalue weighted by Gasteiger charge is 2.35. The maximum absolute atomic E-state index is 14.6. The number of nitrogens with zero attached hydrogens (tertiary/aromatic N) is 2. The molecule has 0 aliphatic heterocycles. The topological polar surface area (TPSA) is 86.8 Å². The lowest BCUT2D eigenvalue weighted by Crippen LogP contribution is -2.54. The maximum atomic E-state index is 14.6. The van der Waals surface area contributed by atoms with Crippen LogP contribution in [0.4, 0.5) is 5.69 Å². The monoisotopic (exact) mass is 689 g/mol. The Kier molecular flexibility index (Phi) is 11.6. The van der Waals surface area contributed by atoms with Crippen LogP contribution in [0.5, 0.6) is 0 Å². The molecule has 0 aliphatic carbocycles. The smallest absolute Gasteiger partial charge is 0.264 e. The van der Waals surface area contributed by atoms with Gasteiger partial charge >= 0.3 is 0 Å². The van der Waals surface area contributed by atoms with Crippen LogP contribution in [0.25, 0.3) is 0 Å². The fraction of sp³-hybridized carbons (Fsp3) is 0.278. The fourth-order valence-corrected chi connectivity index (χ4v) is 6.62. The predicted molar refractivity (Wildman–Crippen MR) is 183 cm³/mol. The standard InChI is InChI=1S/C36H40BrN3O4S/c1-5-28(4)38-36(42)34(23-29-12-7-6-8-13-29)39(24-30-14-10-9-11-27(30)3)35(41)25-40(32-19-17-31(37)18-20-32)45(43,44)33-21-15-26(2)16-22-33/h6-22,28,34H,5,23-25H2,1-4H3,(H,38,42)/t28-,34-/m0/s1. The van der Waals surface area contributed by atoms with E-state index in [0.717, 1.165) is 37.5 Å². The van der Waals surface area contributed by atoms with Crippen LogP contribution in [0.15, 0.2) is 112 Å². The van der Waals surface area contributed by atoms with Gasteiger partial charge in [0.1, 0.15) is 12.6 Å². The van der Waals surface area contributed by atoms with E-state index in [1.807, 2.05) is 82.3 Å². The first kappa shape index (κ1) is 33.9. The minimum Gasteiger partial charge on any atom is -0.352 e. The van der Waals surface area contributed by atoms with Crippen molar-refractivity contribution in [1.29, 1.82) is 0 Å². The Bertz CT molecular complexity index is 1690. The zero-order valence-corrected chi connectivity index (χ0v) is 28.5. The molecular weight excluding hydrogens is 650 g/mol. The van der Waals surface area contributed by atoms with E-state index in [0.29, 0.717) is 5.69 Å². The van der Waals surface area contributed by atoms with Crippen molar-refractivity contribution in [2.24, 2.45) is 0 Å². The first-order valence-corrected chi connectivity index (χ1v) is 17.3. The SMILES string of the molecule is CC[C@H](C)NC(=O)[C@H](Cc1ccccc1)N(Cc1ccccc1C)C(=O)CN(c1ccc(Br)cc1)S(=O)(=O)c1ccc(C)cc1. The van der Waals surface area contributed by atoms with Gasteiger partial charge in [-0.05, 0) is 80.3 Å². The average Bonchev–Trinajstić information content (AvgIpc) is 3.03. The third kappa shape index (κ3) is 8.83. The van der Waals surface area contributed by atoms with Gasteiger partial charge in [0.25, 0.3) is 10.0 Å². The summed E-state index contributed by atoms with van der Waals surface area (Å²) in [4.78, 5) is 30.1. The minimum atomic E-state index is -4.15. The Labute approximate surface area is 275 Å². The molecule has 0 heterocycles. The van der Waals surface area contributed by atoms with E-state index in [9.17, 15) is 18.0 Å². The van der Waals surface area contributed by atoms with E-state index in [-0.39, 0.29) is 29.8 Å². The number of hydrogen-bond acceptors (Lipinski definition) is 4. The van der Waals surface area contributed by atoms with Gasteiger partial charge in [0.2, 0.25) is 11.8 Å². The van der Waals surface area contributed by atoms with Gasteiger partial charge in [-0.3, -0.25) is 13.9 Å². The van der Waals surface area contributed by atoms with Crippen LogP contribution in [0, 0.1) is 13.8 Å². The average molecular weight is 691 g/mol. The molecular formula is C36H40BrN3O4S. The molecule has 0 spiro atoms. The van der Waals surface area contributed by atoms with Crippen molar-refractivity contribution in [3.63, 3.8) is 0 Å². The summed E-state index contributed by atoms with van der Waals surface area (Å²) in [5, 5.41) is 3.07. The number of carbonyl (C=O) groups is 2. The van der Waals surface area contributed by atoms with E-state index in [1.54, 1.807) is 48.5 Å². The summed E-state index contributed by atoms with van der Waals surface area (Å²) in [5.41, 5.74) is 3.98. The quantitative estimate of drug-likeness (QED) is 0.167. The van der Waals surface area contributed by atoms with Gasteiger partial charge in [0.15, 0.2) is 0 Å². The number of halogens is 1. The summed E-state index contributed by atoms with van der Waals surface area (Å²) in [5.74, 6) is -0.774. The summed E-state index contributed by atoms with van der Waals surface area (Å²) >= 11 is 3.42. The number of carbonyl (C=O) groups excluding carboxylic acids is 2. The van der Waals surface area contributed by atoms with Crippen molar-refractivity contribution in [2.75, 3.05) is 10.8 Å². The van der Waals surface area contributed by atoms with Crippen molar-refractivity contribution < 1.29 is 18.0 Å². The fourth-order valence-electron chi connectivity index (χ4n) is 4.94. The lowest BCUT2D eigenvalue weighted by molar-refractivity contribution is -0.140. The second-order valence-corrected chi connectivity index (χ2v) is 14.1. The van der Waals surface area contributed by atoms with Crippen LogP contribution in [0.3, 0.4) is 0 Å². The molecule has 1 N–H and O–H groups in total. The predicted octanol–water partition coefficient (Wildman–Crippen LogP) is 6.82. The number of benzene rings is 4. The van der Waals surface area contributed by atoms with E-state index in [4.69, 9.17) is 0 Å². The molecule has 0 aromatic heterocycles. The van der Waals surface area contributed by atoms with Gasteiger partial charge in [0.05, 0.1) is 10.6 Å². The summed E-state index contributed by atoms with van der Waals surface area (Å²) in [7, 11) is -4.15. The molecule has 4 aromatic rings. The molecule has 0 saturated heterocycles. The minimum absolute atomic E-state index is 0.0737. The van der Waals surface area contributed by atoms with E-state index in [1.165, 1.54) is 4.90 Å². The van der Waals surface area contributed by atoms with Crippen LogP contribution >= 0.6 is 15.9 Å². The lowest BCUT2D eigenvalue weighted by Gasteiger charge is -2.34. The van der Waals surface area contributed by atoms with Crippen LogP contribution in [-0.2, 0) is 32.6 Å². The summed E-state index contributed by atoms with van der Waals surface area (Å²) in [6.45, 7) is 7.39. The van der Waals surface area contributed by atoms with E-state index < -0.39 is 28.5 Å². The number of aryl methyl sites for hydroxylation is 2. The first-order chi connectivity index (χ1) is 21.5. The number of anilines is 1. The first-order valence-electron chi connectivity index (χ1n) is 15.0. The largest absolute Gasteiger partial charge is 0.352 e. The second kappa shape index (κ2) is 15.4. The van der Waals surface area contributed by atoms with Crippen molar-refractivity contribution >= 4 is 43.5 Å². The highest BCUT2D eigenvalue weighted by Crippen LogP contribution is 2.27. The van der Waals surface area contributed by atoms with Crippen LogP contribution in [0.1, 0.15) is 42.5 Å². The molecule has 7 nitrogen and oxygen atoms in total. The van der Waals surface area contributed by atoms with Gasteiger partial charge in [-0.1, -0.05) is 95.1 Å². The molecule has 4 rings (SSSR count). The van der Waals surface area contributed by atoms with Crippen molar-refractivity contribution in [1.82, 2.24) is 10.2 Å². The molecule has 236 valence electrons. The third-order valence-electron chi connectivity index (χ3n) is 7.88. The molecule has 0 fully saturated rings. The van der Waals surface area contributed by atoms with Crippen LogP contribution in [0.2, 0.25) is 0 Å². The molecule has 9 heteroatoms. The van der Waals surface area contributed by atoms with E-state index >= 15 is 0 Å². The van der Waals surface area contributed by atoms with Gasteiger partial charge in [-0.2, -0.15) is 0 Å². The van der Waals surface area contributed by atoms with Gasteiger partial charge in [-0.25, -0.2) is 8.42 Å². The van der Waals surface area contributed by atoms with Gasteiger partial charge < -0.3 is 10.2 Å². The zero-order valence-electron chi connectivity index (χ0n) is 26.1. The summed E-state index contributed by atoms with van der Waals surface area (Å²) < 4.78 is 30.2. The molecule has 0 radical (unpaired) electrons. The molecule has 0 saturated carbocycles. The van der Waals surface area contributed by atoms with Crippen molar-refractivity contribution in [2.45, 2.75) is 64.1 Å². The van der Waals surface area contributed by atoms with Crippen molar-refractivity contribution in [3.05, 3.63) is 130 Å². The highest BCUT2D eigenvalue weighted by molar-refractivity contribution is 9.10. The summed E-state index contributed by atoms with van der Waals surface area (Å²) in [6, 6.07) is 29.6. The molecule has 0 unspecified atom stereocenters. The second-order valence-electron chi connectivity index (χ2n) is 11.3. The molecule has 2 amide bonds. The number of nitrogens with one attached hydrogen (secondary N) is 1. The molecule has 45 heavy (non-hydrogen) atoms. The number of amides is 2. The number of hydrogen-bond donors (Lipinski definition) is 1. The van der Waals surface area contributed by atoms with Gasteiger partial charge in [-0.15, -0.1) is 0 Å². The lowest BCUT2D eigenvalue weighted by atomic mass is 10.0. The number of rotatable bonds is 13. The Hall–Kier alpha value is -3.95. The molecule has 0 bridgehead atoms. The third-order valence-corrected chi connectivity index (χ3v) is 10.2. The van der Waals surface area contributed by atoms with Crippen molar-refractivity contribution in [3.8, 4) is 0 Å². The van der Waals surface area contributed by atoms with Gasteiger partial charge in [0, 0.05) is 23.5 Å². The normalized spacial score (nSPS) is 12.6. The van der Waals surface area contributed by atoms with Crippen LogP contribution in [-0.4, -0.2) is 43.8 Å². The highest BCUT2D eigenvalue weighted by atomic mass is 79.9.